The number of pyridine rings is 1. The topological polar surface area (TPSA) is 79.5 Å². The van der Waals surface area contributed by atoms with E-state index >= 15 is 0 Å². The predicted molar refractivity (Wildman–Crippen MR) is 61.6 cm³/mol. The molecule has 0 amide bonds. The summed E-state index contributed by atoms with van der Waals surface area (Å²) < 4.78 is 0. The van der Waals surface area contributed by atoms with Gasteiger partial charge in [0.05, 0.1) is 17.4 Å². The Balaban J connectivity index is 2.20. The van der Waals surface area contributed by atoms with Gasteiger partial charge in [0.1, 0.15) is 5.82 Å². The SMILES string of the molecule is CN(CC1CC1)c1cc(C(=O)O)c(N)cn1. The van der Waals surface area contributed by atoms with E-state index in [-0.39, 0.29) is 11.3 Å². The lowest BCUT2D eigenvalue weighted by atomic mass is 10.2. The maximum atomic E-state index is 10.9. The smallest absolute Gasteiger partial charge is 0.337 e. The number of nitrogens with zero attached hydrogens (tertiary/aromatic N) is 2. The molecule has 1 aliphatic rings. The van der Waals surface area contributed by atoms with E-state index in [1.54, 1.807) is 0 Å². The van der Waals surface area contributed by atoms with Gasteiger partial charge in [-0.25, -0.2) is 9.78 Å². The zero-order valence-corrected chi connectivity index (χ0v) is 9.18. The molecule has 1 aliphatic carbocycles. The largest absolute Gasteiger partial charge is 0.478 e. The van der Waals surface area contributed by atoms with E-state index in [9.17, 15) is 4.79 Å². The van der Waals surface area contributed by atoms with E-state index in [1.807, 2.05) is 11.9 Å². The molecule has 0 saturated heterocycles. The minimum Gasteiger partial charge on any atom is -0.478 e. The Morgan fingerprint density at radius 1 is 1.69 bits per heavy atom. The number of carboxylic acids is 1. The molecule has 0 atom stereocenters. The molecule has 5 nitrogen and oxygen atoms in total. The number of hydrogen-bond donors (Lipinski definition) is 2. The quantitative estimate of drug-likeness (QED) is 0.798. The minimum atomic E-state index is -1.01. The van der Waals surface area contributed by atoms with Gasteiger partial charge in [-0.3, -0.25) is 0 Å². The molecule has 1 aromatic rings. The maximum absolute atomic E-state index is 10.9. The van der Waals surface area contributed by atoms with Crippen LogP contribution >= 0.6 is 0 Å². The minimum absolute atomic E-state index is 0.118. The fraction of sp³-hybridized carbons (Fsp3) is 0.455. The first-order valence-corrected chi connectivity index (χ1v) is 5.28. The highest BCUT2D eigenvalue weighted by molar-refractivity contribution is 5.94. The maximum Gasteiger partial charge on any atom is 0.337 e. The number of nitrogen functional groups attached to an aromatic ring is 1. The molecule has 0 bridgehead atoms. The third kappa shape index (κ3) is 2.24. The van der Waals surface area contributed by atoms with Crippen LogP contribution in [0.3, 0.4) is 0 Å². The highest BCUT2D eigenvalue weighted by Crippen LogP contribution is 2.30. The van der Waals surface area contributed by atoms with Gasteiger partial charge in [-0.15, -0.1) is 0 Å². The molecule has 0 radical (unpaired) electrons. The fourth-order valence-electron chi connectivity index (χ4n) is 1.63. The summed E-state index contributed by atoms with van der Waals surface area (Å²) in [5.74, 6) is 0.386. The van der Waals surface area contributed by atoms with E-state index < -0.39 is 5.97 Å². The summed E-state index contributed by atoms with van der Waals surface area (Å²) in [6.45, 7) is 0.927. The number of carboxylic acid groups (broad SMARTS) is 1. The van der Waals surface area contributed by atoms with Crippen LogP contribution in [0.25, 0.3) is 0 Å². The molecule has 1 fully saturated rings. The Hall–Kier alpha value is -1.78. The molecule has 0 aromatic carbocycles. The summed E-state index contributed by atoms with van der Waals surface area (Å²) in [5, 5.41) is 8.94. The molecule has 5 heteroatoms. The van der Waals surface area contributed by atoms with E-state index in [0.717, 1.165) is 12.5 Å². The summed E-state index contributed by atoms with van der Waals surface area (Å²) in [6, 6.07) is 1.53. The van der Waals surface area contributed by atoms with Gasteiger partial charge >= 0.3 is 5.97 Å². The molecule has 0 spiro atoms. The van der Waals surface area contributed by atoms with Crippen LogP contribution in [-0.2, 0) is 0 Å². The van der Waals surface area contributed by atoms with Crippen LogP contribution in [0.4, 0.5) is 11.5 Å². The Kier molecular flexibility index (Phi) is 2.68. The summed E-state index contributed by atoms with van der Waals surface area (Å²) in [4.78, 5) is 17.0. The molecule has 1 saturated carbocycles. The van der Waals surface area contributed by atoms with Gasteiger partial charge in [-0.1, -0.05) is 0 Å². The second kappa shape index (κ2) is 4.00. The highest BCUT2D eigenvalue weighted by Gasteiger charge is 2.23. The fourth-order valence-corrected chi connectivity index (χ4v) is 1.63. The van der Waals surface area contributed by atoms with E-state index in [1.165, 1.54) is 25.1 Å². The zero-order valence-electron chi connectivity index (χ0n) is 9.18. The van der Waals surface area contributed by atoms with Gasteiger partial charge in [0.2, 0.25) is 0 Å². The second-order valence-electron chi connectivity index (χ2n) is 4.26. The molecule has 2 rings (SSSR count). The van der Waals surface area contributed by atoms with Gasteiger partial charge in [0.15, 0.2) is 0 Å². The summed E-state index contributed by atoms with van der Waals surface area (Å²) >= 11 is 0. The Morgan fingerprint density at radius 3 is 2.94 bits per heavy atom. The van der Waals surface area contributed by atoms with Crippen molar-refractivity contribution in [2.75, 3.05) is 24.2 Å². The van der Waals surface area contributed by atoms with Crippen LogP contribution in [0.1, 0.15) is 23.2 Å². The van der Waals surface area contributed by atoms with E-state index in [0.29, 0.717) is 5.82 Å². The van der Waals surface area contributed by atoms with Crippen molar-refractivity contribution < 1.29 is 9.90 Å². The standard InChI is InChI=1S/C11H15N3O2/c1-14(6-7-2-3-7)10-4-8(11(15)16)9(12)5-13-10/h4-5,7H,2-3,6,12H2,1H3,(H,15,16). The van der Waals surface area contributed by atoms with Crippen molar-refractivity contribution in [3.05, 3.63) is 17.8 Å². The lowest BCUT2D eigenvalue weighted by molar-refractivity contribution is 0.0698. The number of rotatable bonds is 4. The number of anilines is 2. The number of nitrogens with two attached hydrogens (primary N) is 1. The van der Waals surface area contributed by atoms with Crippen LogP contribution in [0.15, 0.2) is 12.3 Å². The highest BCUT2D eigenvalue weighted by atomic mass is 16.4. The third-order valence-corrected chi connectivity index (χ3v) is 2.77. The monoisotopic (exact) mass is 221 g/mol. The summed E-state index contributed by atoms with van der Waals surface area (Å²) in [5.41, 5.74) is 5.87. The predicted octanol–water partition coefficient (Wildman–Crippen LogP) is 1.21. The number of hydrogen-bond acceptors (Lipinski definition) is 4. The number of aromatic nitrogens is 1. The molecular weight excluding hydrogens is 206 g/mol. The van der Waals surface area contributed by atoms with E-state index in [2.05, 4.69) is 4.98 Å². The van der Waals surface area contributed by atoms with Crippen LogP contribution < -0.4 is 10.6 Å². The molecule has 1 aromatic heterocycles. The number of carbonyl (C=O) groups is 1. The van der Waals surface area contributed by atoms with Crippen LogP contribution in [0.2, 0.25) is 0 Å². The van der Waals surface area contributed by atoms with Gasteiger partial charge < -0.3 is 15.7 Å². The van der Waals surface area contributed by atoms with Crippen molar-refractivity contribution in [3.63, 3.8) is 0 Å². The molecule has 1 heterocycles. The van der Waals surface area contributed by atoms with Crippen molar-refractivity contribution in [1.82, 2.24) is 4.98 Å². The molecule has 86 valence electrons. The Bertz CT molecular complexity index is 416. The van der Waals surface area contributed by atoms with Crippen LogP contribution in [0.5, 0.6) is 0 Å². The first kappa shape index (κ1) is 10.7. The van der Waals surface area contributed by atoms with Gasteiger partial charge in [0, 0.05) is 13.6 Å². The first-order valence-electron chi connectivity index (χ1n) is 5.28. The van der Waals surface area contributed by atoms with Crippen molar-refractivity contribution in [2.24, 2.45) is 5.92 Å². The average Bonchev–Trinajstić information content (AvgIpc) is 3.01. The van der Waals surface area contributed by atoms with Crippen LogP contribution in [-0.4, -0.2) is 29.7 Å². The first-order chi connectivity index (χ1) is 7.58. The van der Waals surface area contributed by atoms with Crippen molar-refractivity contribution in [2.45, 2.75) is 12.8 Å². The van der Waals surface area contributed by atoms with Crippen molar-refractivity contribution >= 4 is 17.5 Å². The lowest BCUT2D eigenvalue weighted by Crippen LogP contribution is -2.21. The van der Waals surface area contributed by atoms with E-state index in [4.69, 9.17) is 10.8 Å². The molecular formula is C11H15N3O2. The normalized spacial score (nSPS) is 14.8. The molecule has 16 heavy (non-hydrogen) atoms. The summed E-state index contributed by atoms with van der Waals surface area (Å²) in [6.07, 6.45) is 3.92. The summed E-state index contributed by atoms with van der Waals surface area (Å²) in [7, 11) is 1.92. The number of aromatic carboxylic acids is 1. The van der Waals surface area contributed by atoms with Crippen molar-refractivity contribution in [3.8, 4) is 0 Å². The Labute approximate surface area is 93.9 Å². The van der Waals surface area contributed by atoms with Gasteiger partial charge in [-0.2, -0.15) is 0 Å². The van der Waals surface area contributed by atoms with Gasteiger partial charge in [-0.05, 0) is 24.8 Å². The van der Waals surface area contributed by atoms with Crippen molar-refractivity contribution in [1.29, 1.82) is 0 Å². The zero-order chi connectivity index (χ0) is 11.7. The average molecular weight is 221 g/mol. The molecule has 0 aliphatic heterocycles. The lowest BCUT2D eigenvalue weighted by Gasteiger charge is -2.18. The Morgan fingerprint density at radius 2 is 2.38 bits per heavy atom. The molecule has 0 unspecified atom stereocenters. The molecule has 3 N–H and O–H groups in total. The van der Waals surface area contributed by atoms with Crippen LogP contribution in [0, 0.1) is 5.92 Å². The second-order valence-corrected chi connectivity index (χ2v) is 4.26. The van der Waals surface area contributed by atoms with Gasteiger partial charge in [0.25, 0.3) is 0 Å². The third-order valence-electron chi connectivity index (χ3n) is 2.77.